The van der Waals surface area contributed by atoms with Crippen molar-refractivity contribution in [2.24, 2.45) is 0 Å². The first-order chi connectivity index (χ1) is 7.18. The molecule has 0 amide bonds. The van der Waals surface area contributed by atoms with Gasteiger partial charge in [-0.1, -0.05) is 79.7 Å². The van der Waals surface area contributed by atoms with E-state index in [1.165, 1.54) is 31.3 Å². The standard InChI is InChI=1S/C6H14.C5H10.2C2H6/c1-3-5-6-4-2;1-4-5(2)3;2*1-2/h3-6H2,1-2H3;2,4H2,1,3H3;2*1-2H3. The first-order valence-corrected chi connectivity index (χ1v) is 6.83. The molecule has 0 bridgehead atoms. The van der Waals surface area contributed by atoms with Crippen LogP contribution in [0.25, 0.3) is 0 Å². The summed E-state index contributed by atoms with van der Waals surface area (Å²) in [6.45, 7) is 20.3. The van der Waals surface area contributed by atoms with Crippen molar-refractivity contribution in [3.63, 3.8) is 0 Å². The molecule has 96 valence electrons. The number of hydrogen-bond acceptors (Lipinski definition) is 0. The van der Waals surface area contributed by atoms with Crippen LogP contribution in [-0.4, -0.2) is 0 Å². The lowest BCUT2D eigenvalue weighted by Gasteiger charge is -1.86. The van der Waals surface area contributed by atoms with Gasteiger partial charge in [0, 0.05) is 0 Å². The van der Waals surface area contributed by atoms with E-state index in [9.17, 15) is 0 Å². The molecule has 0 heterocycles. The molecular weight excluding hydrogens is 180 g/mol. The number of allylic oxidation sites excluding steroid dienone is 1. The van der Waals surface area contributed by atoms with Crippen molar-refractivity contribution < 1.29 is 0 Å². The van der Waals surface area contributed by atoms with Gasteiger partial charge < -0.3 is 0 Å². The van der Waals surface area contributed by atoms with Crippen molar-refractivity contribution >= 4 is 0 Å². The highest BCUT2D eigenvalue weighted by Crippen LogP contribution is 1.95. The Balaban J connectivity index is -0.0000000610. The normalized spacial score (nSPS) is 6.93. The SMILES string of the molecule is C=C(C)CC.CC.CC.CCCCCC. The van der Waals surface area contributed by atoms with E-state index in [1.807, 2.05) is 34.6 Å². The molecule has 0 fully saturated rings. The van der Waals surface area contributed by atoms with Gasteiger partial charge >= 0.3 is 0 Å². The van der Waals surface area contributed by atoms with Crippen molar-refractivity contribution in [3.05, 3.63) is 12.2 Å². The Kier molecular flexibility index (Phi) is 59.9. The van der Waals surface area contributed by atoms with E-state index in [4.69, 9.17) is 0 Å². The van der Waals surface area contributed by atoms with E-state index in [2.05, 4.69) is 27.4 Å². The average Bonchev–Trinajstić information content (AvgIpc) is 2.32. The van der Waals surface area contributed by atoms with Crippen LogP contribution < -0.4 is 0 Å². The van der Waals surface area contributed by atoms with Crippen molar-refractivity contribution in [2.45, 2.75) is 87.5 Å². The Morgan fingerprint density at radius 3 is 1.07 bits per heavy atom. The lowest BCUT2D eigenvalue weighted by molar-refractivity contribution is 0.702. The van der Waals surface area contributed by atoms with Gasteiger partial charge in [-0.05, 0) is 13.3 Å². The smallest absolute Gasteiger partial charge is 0.0354 e. The van der Waals surface area contributed by atoms with Crippen LogP contribution in [0.4, 0.5) is 0 Å². The zero-order chi connectivity index (χ0) is 13.1. The predicted molar refractivity (Wildman–Crippen MR) is 77.6 cm³/mol. The summed E-state index contributed by atoms with van der Waals surface area (Å²) >= 11 is 0. The molecule has 0 aromatic carbocycles. The molecule has 0 aromatic rings. The van der Waals surface area contributed by atoms with Crippen LogP contribution in [0, 0.1) is 0 Å². The van der Waals surface area contributed by atoms with Crippen molar-refractivity contribution in [1.29, 1.82) is 0 Å². The fourth-order valence-electron chi connectivity index (χ4n) is 0.500. The van der Waals surface area contributed by atoms with E-state index in [0.29, 0.717) is 0 Å². The number of rotatable bonds is 4. The second-order valence-corrected chi connectivity index (χ2v) is 3.02. The summed E-state index contributed by atoms with van der Waals surface area (Å²) in [5.74, 6) is 0. The Labute approximate surface area is 100 Å². The second-order valence-electron chi connectivity index (χ2n) is 3.02. The van der Waals surface area contributed by atoms with Gasteiger partial charge in [-0.2, -0.15) is 0 Å². The lowest BCUT2D eigenvalue weighted by atomic mass is 10.2. The van der Waals surface area contributed by atoms with E-state index in [0.717, 1.165) is 6.42 Å². The molecule has 0 N–H and O–H groups in total. The summed E-state index contributed by atoms with van der Waals surface area (Å²) in [5.41, 5.74) is 1.25. The van der Waals surface area contributed by atoms with Crippen molar-refractivity contribution in [1.82, 2.24) is 0 Å². The van der Waals surface area contributed by atoms with E-state index < -0.39 is 0 Å². The summed E-state index contributed by atoms with van der Waals surface area (Å²) in [5, 5.41) is 0. The minimum absolute atomic E-state index is 1.11. The molecule has 0 aliphatic heterocycles. The van der Waals surface area contributed by atoms with Crippen LogP contribution in [0.3, 0.4) is 0 Å². The third kappa shape index (κ3) is 84.3. The van der Waals surface area contributed by atoms with E-state index >= 15 is 0 Å². The Hall–Kier alpha value is -0.260. The largest absolute Gasteiger partial charge is 0.100 e. The second kappa shape index (κ2) is 37.2. The predicted octanol–water partition coefficient (Wildman–Crippen LogP) is 6.61. The Morgan fingerprint density at radius 2 is 1.00 bits per heavy atom. The van der Waals surface area contributed by atoms with E-state index in [-0.39, 0.29) is 0 Å². The van der Waals surface area contributed by atoms with Gasteiger partial charge in [0.1, 0.15) is 0 Å². The van der Waals surface area contributed by atoms with Crippen molar-refractivity contribution in [2.75, 3.05) is 0 Å². The van der Waals surface area contributed by atoms with Crippen LogP contribution in [0.1, 0.15) is 87.5 Å². The van der Waals surface area contributed by atoms with Gasteiger partial charge in [-0.25, -0.2) is 0 Å². The third-order valence-electron chi connectivity index (χ3n) is 1.56. The molecule has 0 saturated heterocycles. The maximum atomic E-state index is 3.67. The molecule has 15 heavy (non-hydrogen) atoms. The van der Waals surface area contributed by atoms with Gasteiger partial charge in [0.25, 0.3) is 0 Å². The minimum Gasteiger partial charge on any atom is -0.100 e. The van der Waals surface area contributed by atoms with Crippen LogP contribution in [0.2, 0.25) is 0 Å². The van der Waals surface area contributed by atoms with Crippen molar-refractivity contribution in [3.8, 4) is 0 Å². The molecule has 0 aromatic heterocycles. The minimum atomic E-state index is 1.11. The molecule has 0 saturated carbocycles. The maximum Gasteiger partial charge on any atom is -0.0354 e. The highest BCUT2D eigenvalue weighted by molar-refractivity contribution is 4.84. The first kappa shape index (κ1) is 24.1. The van der Waals surface area contributed by atoms with Crippen LogP contribution >= 0.6 is 0 Å². The summed E-state index contributed by atoms with van der Waals surface area (Å²) in [6.07, 6.45) is 6.65. The Bertz CT molecular complexity index is 68.1. The highest BCUT2D eigenvalue weighted by Gasteiger charge is 1.75. The first-order valence-electron chi connectivity index (χ1n) is 6.83. The average molecular weight is 216 g/mol. The molecule has 0 radical (unpaired) electrons. The van der Waals surface area contributed by atoms with Gasteiger partial charge in [0.2, 0.25) is 0 Å². The summed E-state index contributed by atoms with van der Waals surface area (Å²) < 4.78 is 0. The van der Waals surface area contributed by atoms with Gasteiger partial charge in [-0.15, -0.1) is 6.58 Å². The third-order valence-corrected chi connectivity index (χ3v) is 1.56. The molecular formula is C15H36. The molecule has 0 aliphatic carbocycles. The molecule has 0 unspecified atom stereocenters. The monoisotopic (exact) mass is 216 g/mol. The lowest BCUT2D eigenvalue weighted by Crippen LogP contribution is -1.66. The number of unbranched alkanes of at least 4 members (excludes halogenated alkanes) is 3. The topological polar surface area (TPSA) is 0 Å². The molecule has 0 aliphatic rings. The molecule has 0 atom stereocenters. The Morgan fingerprint density at radius 1 is 0.800 bits per heavy atom. The molecule has 0 nitrogen and oxygen atoms in total. The zero-order valence-electron chi connectivity index (χ0n) is 12.7. The van der Waals surface area contributed by atoms with Crippen LogP contribution in [0.15, 0.2) is 12.2 Å². The molecule has 0 rings (SSSR count). The van der Waals surface area contributed by atoms with Gasteiger partial charge in [-0.3, -0.25) is 0 Å². The van der Waals surface area contributed by atoms with Gasteiger partial charge in [0.05, 0.1) is 0 Å². The summed E-state index contributed by atoms with van der Waals surface area (Å²) in [4.78, 5) is 0. The summed E-state index contributed by atoms with van der Waals surface area (Å²) in [7, 11) is 0. The zero-order valence-corrected chi connectivity index (χ0v) is 12.7. The molecule has 0 heteroatoms. The maximum absolute atomic E-state index is 3.67. The quantitative estimate of drug-likeness (QED) is 0.366. The number of hydrogen-bond donors (Lipinski definition) is 0. The molecule has 0 spiro atoms. The van der Waals surface area contributed by atoms with Crippen LogP contribution in [0.5, 0.6) is 0 Å². The van der Waals surface area contributed by atoms with E-state index in [1.54, 1.807) is 0 Å². The van der Waals surface area contributed by atoms with Gasteiger partial charge in [0.15, 0.2) is 0 Å². The fourth-order valence-corrected chi connectivity index (χ4v) is 0.500. The van der Waals surface area contributed by atoms with Crippen LogP contribution in [-0.2, 0) is 0 Å². The summed E-state index contributed by atoms with van der Waals surface area (Å²) in [6, 6.07) is 0. The fraction of sp³-hybridized carbons (Fsp3) is 0.867. The highest BCUT2D eigenvalue weighted by atomic mass is 13.8.